The van der Waals surface area contributed by atoms with Crippen molar-refractivity contribution in [1.29, 1.82) is 0 Å². The lowest BCUT2D eigenvalue weighted by atomic mass is 9.70. The summed E-state index contributed by atoms with van der Waals surface area (Å²) in [6.45, 7) is 2.28. The van der Waals surface area contributed by atoms with Crippen LogP contribution in [0.25, 0.3) is 11.1 Å². The largest absolute Gasteiger partial charge is 0.482 e. The lowest BCUT2D eigenvalue weighted by Gasteiger charge is -2.45. The Kier molecular flexibility index (Phi) is 6.88. The van der Waals surface area contributed by atoms with Gasteiger partial charge in [0.25, 0.3) is 0 Å². The molecule has 6 nitrogen and oxygen atoms in total. The summed E-state index contributed by atoms with van der Waals surface area (Å²) in [4.78, 5) is 22.9. The lowest BCUT2D eigenvalue weighted by Crippen LogP contribution is -2.56. The molecule has 3 rings (SSSR count). The Morgan fingerprint density at radius 3 is 2.21 bits per heavy atom. The summed E-state index contributed by atoms with van der Waals surface area (Å²) < 4.78 is 48.7. The second kappa shape index (κ2) is 9.34. The minimum atomic E-state index is -4.74. The fraction of sp³-hybridized carbons (Fsp3) is 0.280. The van der Waals surface area contributed by atoms with Crippen molar-refractivity contribution >= 4 is 11.9 Å². The van der Waals surface area contributed by atoms with E-state index in [9.17, 15) is 22.8 Å². The first kappa shape index (κ1) is 25.0. The molecule has 0 saturated heterocycles. The van der Waals surface area contributed by atoms with Crippen LogP contribution in [0.1, 0.15) is 20.3 Å². The summed E-state index contributed by atoms with van der Waals surface area (Å²) in [6, 6.07) is 14.8. The van der Waals surface area contributed by atoms with Gasteiger partial charge in [-0.15, -0.1) is 0 Å². The molecule has 4 N–H and O–H groups in total. The van der Waals surface area contributed by atoms with Gasteiger partial charge in [-0.1, -0.05) is 42.5 Å². The fourth-order valence-corrected chi connectivity index (χ4v) is 3.61. The Bertz CT molecular complexity index is 1110. The smallest absolute Gasteiger partial charge is 0.401 e. The van der Waals surface area contributed by atoms with E-state index in [-0.39, 0.29) is 11.4 Å². The highest BCUT2D eigenvalue weighted by Crippen LogP contribution is 2.52. The number of benzene rings is 2. The average Bonchev–Trinajstić information content (AvgIpc) is 2.76. The summed E-state index contributed by atoms with van der Waals surface area (Å²) in [5.74, 6) is -1.95. The standard InChI is InChI=1S/C25H25F3N2O4/c1-23(25(26,27)28)15-18(30-22(33)20(29)14-21(31)32)12-13-24(23,2)34-19-10-8-17(9-11-19)16-6-4-3-5-7-16/h3-13,15,20H,14,29H2,1-2H3,(H,30,33)(H,31,32). The number of halogens is 3. The molecule has 0 fully saturated rings. The van der Waals surface area contributed by atoms with Crippen molar-refractivity contribution in [3.8, 4) is 16.9 Å². The van der Waals surface area contributed by atoms with Gasteiger partial charge in [-0.05, 0) is 55.3 Å². The Labute approximate surface area is 194 Å². The molecule has 0 heterocycles. The highest BCUT2D eigenvalue weighted by Gasteiger charge is 2.62. The van der Waals surface area contributed by atoms with E-state index < -0.39 is 41.5 Å². The van der Waals surface area contributed by atoms with Crippen molar-refractivity contribution < 1.29 is 32.6 Å². The minimum absolute atomic E-state index is 0.147. The molecule has 0 aliphatic heterocycles. The van der Waals surface area contributed by atoms with Gasteiger partial charge in [0, 0.05) is 5.70 Å². The second-order valence-electron chi connectivity index (χ2n) is 8.43. The third-order valence-corrected chi connectivity index (χ3v) is 5.94. The van der Waals surface area contributed by atoms with E-state index in [1.54, 1.807) is 24.3 Å². The predicted molar refractivity (Wildman–Crippen MR) is 121 cm³/mol. The summed E-state index contributed by atoms with van der Waals surface area (Å²) in [5, 5.41) is 11.0. The molecular formula is C25H25F3N2O4. The van der Waals surface area contributed by atoms with Crippen LogP contribution in [0.3, 0.4) is 0 Å². The fourth-order valence-electron chi connectivity index (χ4n) is 3.61. The highest BCUT2D eigenvalue weighted by molar-refractivity contribution is 5.87. The zero-order valence-corrected chi connectivity index (χ0v) is 18.6. The summed E-state index contributed by atoms with van der Waals surface area (Å²) in [5.41, 5.74) is 2.85. The van der Waals surface area contributed by atoms with Gasteiger partial charge in [-0.3, -0.25) is 9.59 Å². The number of carbonyl (C=O) groups excluding carboxylic acids is 1. The molecule has 0 radical (unpaired) electrons. The highest BCUT2D eigenvalue weighted by atomic mass is 19.4. The monoisotopic (exact) mass is 474 g/mol. The third kappa shape index (κ3) is 5.14. The molecule has 0 aromatic heterocycles. The number of allylic oxidation sites excluding steroid dienone is 1. The van der Waals surface area contributed by atoms with Crippen LogP contribution in [0.2, 0.25) is 0 Å². The van der Waals surface area contributed by atoms with Crippen molar-refractivity contribution in [2.24, 2.45) is 11.1 Å². The van der Waals surface area contributed by atoms with Crippen LogP contribution in [0.4, 0.5) is 13.2 Å². The Balaban J connectivity index is 1.85. The molecule has 0 bridgehead atoms. The number of nitrogens with one attached hydrogen (secondary N) is 1. The van der Waals surface area contributed by atoms with Crippen molar-refractivity contribution in [1.82, 2.24) is 5.32 Å². The van der Waals surface area contributed by atoms with Crippen LogP contribution in [0.15, 0.2) is 78.5 Å². The maximum Gasteiger partial charge on any atom is 0.401 e. The molecule has 34 heavy (non-hydrogen) atoms. The number of rotatable bonds is 7. The number of aliphatic carboxylic acids is 1. The Morgan fingerprint density at radius 2 is 1.65 bits per heavy atom. The number of alkyl halides is 3. The van der Waals surface area contributed by atoms with Gasteiger partial charge in [-0.2, -0.15) is 13.2 Å². The van der Waals surface area contributed by atoms with Crippen molar-refractivity contribution in [3.05, 3.63) is 78.5 Å². The zero-order valence-electron chi connectivity index (χ0n) is 18.6. The van der Waals surface area contributed by atoms with Crippen LogP contribution in [0.5, 0.6) is 5.75 Å². The molecule has 3 atom stereocenters. The van der Waals surface area contributed by atoms with Crippen LogP contribution in [-0.2, 0) is 9.59 Å². The van der Waals surface area contributed by atoms with Crippen LogP contribution >= 0.6 is 0 Å². The topological polar surface area (TPSA) is 102 Å². The van der Waals surface area contributed by atoms with Crippen molar-refractivity contribution in [2.75, 3.05) is 0 Å². The molecular weight excluding hydrogens is 449 g/mol. The number of hydrogen-bond donors (Lipinski definition) is 3. The molecule has 1 aliphatic rings. The SMILES string of the molecule is CC1(Oc2ccc(-c3ccccc3)cc2)C=CC(NC(=O)C(N)CC(=O)O)=CC1(C)C(F)(F)F. The van der Waals surface area contributed by atoms with Crippen LogP contribution in [0, 0.1) is 5.41 Å². The summed E-state index contributed by atoms with van der Waals surface area (Å²) in [6.07, 6.45) is -2.02. The van der Waals surface area contributed by atoms with Gasteiger partial charge in [0.2, 0.25) is 5.91 Å². The first-order valence-corrected chi connectivity index (χ1v) is 10.5. The zero-order chi connectivity index (χ0) is 25.1. The number of carboxylic acid groups (broad SMARTS) is 1. The predicted octanol–water partition coefficient (Wildman–Crippen LogP) is 4.43. The maximum atomic E-state index is 14.3. The lowest BCUT2D eigenvalue weighted by molar-refractivity contribution is -0.238. The van der Waals surface area contributed by atoms with Gasteiger partial charge >= 0.3 is 12.1 Å². The third-order valence-electron chi connectivity index (χ3n) is 5.94. The molecule has 2 aromatic rings. The average molecular weight is 474 g/mol. The van der Waals surface area contributed by atoms with E-state index in [0.717, 1.165) is 24.1 Å². The van der Waals surface area contributed by atoms with Gasteiger partial charge in [-0.25, -0.2) is 0 Å². The molecule has 9 heteroatoms. The van der Waals surface area contributed by atoms with Gasteiger partial charge in [0.15, 0.2) is 0 Å². The number of hydrogen-bond acceptors (Lipinski definition) is 4. The van der Waals surface area contributed by atoms with Crippen molar-refractivity contribution in [3.63, 3.8) is 0 Å². The van der Waals surface area contributed by atoms with E-state index in [1.165, 1.54) is 19.1 Å². The van der Waals surface area contributed by atoms with Crippen LogP contribution in [-0.4, -0.2) is 34.8 Å². The van der Waals surface area contributed by atoms with E-state index in [4.69, 9.17) is 15.6 Å². The molecule has 0 saturated carbocycles. The van der Waals surface area contributed by atoms with E-state index in [0.29, 0.717) is 0 Å². The number of amides is 1. The Morgan fingerprint density at radius 1 is 1.06 bits per heavy atom. The summed E-state index contributed by atoms with van der Waals surface area (Å²) in [7, 11) is 0. The van der Waals surface area contributed by atoms with Gasteiger partial charge in [0.1, 0.15) is 16.8 Å². The molecule has 0 spiro atoms. The first-order valence-electron chi connectivity index (χ1n) is 10.5. The van der Waals surface area contributed by atoms with Gasteiger partial charge < -0.3 is 20.9 Å². The second-order valence-corrected chi connectivity index (χ2v) is 8.43. The van der Waals surface area contributed by atoms with Gasteiger partial charge in [0.05, 0.1) is 12.5 Å². The maximum absolute atomic E-state index is 14.3. The van der Waals surface area contributed by atoms with E-state index in [1.807, 2.05) is 30.3 Å². The number of nitrogens with two attached hydrogens (primary N) is 1. The Hall–Kier alpha value is -3.59. The number of carboxylic acids is 1. The molecule has 3 unspecified atom stereocenters. The minimum Gasteiger partial charge on any atom is -0.482 e. The number of ether oxygens (including phenoxy) is 1. The molecule has 1 aliphatic carbocycles. The molecule has 2 aromatic carbocycles. The first-order chi connectivity index (χ1) is 15.8. The molecule has 1 amide bonds. The van der Waals surface area contributed by atoms with E-state index >= 15 is 0 Å². The van der Waals surface area contributed by atoms with E-state index in [2.05, 4.69) is 5.32 Å². The summed E-state index contributed by atoms with van der Waals surface area (Å²) >= 11 is 0. The normalized spacial score (nSPS) is 23.1. The molecule has 180 valence electrons. The number of carbonyl (C=O) groups is 2. The quantitative estimate of drug-likeness (QED) is 0.551. The van der Waals surface area contributed by atoms with Crippen LogP contribution < -0.4 is 15.8 Å². The van der Waals surface area contributed by atoms with Crippen molar-refractivity contribution in [2.45, 2.75) is 38.1 Å².